The molecule has 23 heavy (non-hydrogen) atoms. The first-order valence-electron chi connectivity index (χ1n) is 7.54. The van der Waals surface area contributed by atoms with Crippen LogP contribution in [0, 0.1) is 0 Å². The summed E-state index contributed by atoms with van der Waals surface area (Å²) in [6.45, 7) is -0.241. The van der Waals surface area contributed by atoms with Crippen LogP contribution >= 0.6 is 23.5 Å². The zero-order valence-corrected chi connectivity index (χ0v) is 14.2. The first-order valence-corrected chi connectivity index (χ1v) is 9.64. The lowest BCUT2D eigenvalue weighted by molar-refractivity contribution is -0.149. The molecule has 2 aliphatic rings. The lowest BCUT2D eigenvalue weighted by atomic mass is 10.1. The summed E-state index contributed by atoms with van der Waals surface area (Å²) in [6.07, 6.45) is 1.08. The third-order valence-electron chi connectivity index (χ3n) is 4.15. The van der Waals surface area contributed by atoms with E-state index in [1.165, 1.54) is 16.9 Å². The number of alkyl halides is 1. The highest BCUT2D eigenvalue weighted by molar-refractivity contribution is 8.16. The highest BCUT2D eigenvalue weighted by atomic mass is 32.2. The number of hydrogen-bond acceptors (Lipinski definition) is 4. The Bertz CT molecular complexity index is 604. The van der Waals surface area contributed by atoms with E-state index in [2.05, 4.69) is 0 Å². The Kier molecular flexibility index (Phi) is 4.87. The number of benzene rings is 1. The Morgan fingerprint density at radius 3 is 2.43 bits per heavy atom. The molecule has 1 aromatic carbocycles. The highest BCUT2D eigenvalue weighted by Gasteiger charge is 2.46. The van der Waals surface area contributed by atoms with Gasteiger partial charge < -0.3 is 10.0 Å². The van der Waals surface area contributed by atoms with Crippen molar-refractivity contribution in [1.29, 1.82) is 0 Å². The molecular formula is C16H18FNO3S2. The van der Waals surface area contributed by atoms with E-state index in [0.717, 1.165) is 11.5 Å². The lowest BCUT2D eigenvalue weighted by Gasteiger charge is -2.22. The minimum Gasteiger partial charge on any atom is -0.479 e. The Labute approximate surface area is 142 Å². The van der Waals surface area contributed by atoms with Gasteiger partial charge in [0.15, 0.2) is 0 Å². The number of hydrogen-bond donors (Lipinski definition) is 1. The molecule has 0 aromatic heterocycles. The Morgan fingerprint density at radius 2 is 1.87 bits per heavy atom. The molecule has 1 aromatic rings. The van der Waals surface area contributed by atoms with Crippen molar-refractivity contribution in [2.45, 2.75) is 23.1 Å². The number of carbonyl (C=O) groups excluding carboxylic acids is 1. The minimum atomic E-state index is -2.31. The number of likely N-dealkylation sites (tertiary alicyclic amines) is 1. The van der Waals surface area contributed by atoms with Crippen LogP contribution < -0.4 is 0 Å². The van der Waals surface area contributed by atoms with Crippen LogP contribution in [-0.4, -0.2) is 52.1 Å². The van der Waals surface area contributed by atoms with Crippen LogP contribution in [0.15, 0.2) is 24.3 Å². The van der Waals surface area contributed by atoms with E-state index in [1.54, 1.807) is 12.1 Å². The van der Waals surface area contributed by atoms with Crippen molar-refractivity contribution in [3.8, 4) is 0 Å². The summed E-state index contributed by atoms with van der Waals surface area (Å²) in [5.74, 6) is 0.510. The zero-order valence-electron chi connectivity index (χ0n) is 12.5. The van der Waals surface area contributed by atoms with E-state index in [9.17, 15) is 14.0 Å². The molecule has 1 N–H and O–H groups in total. The predicted molar refractivity (Wildman–Crippen MR) is 90.7 cm³/mol. The number of carbonyl (C=O) groups is 2. The average molecular weight is 355 g/mol. The molecule has 2 saturated heterocycles. The van der Waals surface area contributed by atoms with E-state index in [-0.39, 0.29) is 25.4 Å². The summed E-state index contributed by atoms with van der Waals surface area (Å²) in [5, 5.41) is 8.91. The van der Waals surface area contributed by atoms with Crippen molar-refractivity contribution in [3.63, 3.8) is 0 Å². The second kappa shape index (κ2) is 6.73. The molecule has 2 heterocycles. The fraction of sp³-hybridized carbons (Fsp3) is 0.500. The van der Waals surface area contributed by atoms with E-state index >= 15 is 0 Å². The molecular weight excluding hydrogens is 337 g/mol. The van der Waals surface area contributed by atoms with Crippen LogP contribution in [0.2, 0.25) is 0 Å². The van der Waals surface area contributed by atoms with Crippen molar-refractivity contribution in [2.75, 3.05) is 24.6 Å². The van der Waals surface area contributed by atoms with E-state index in [4.69, 9.17) is 5.11 Å². The Morgan fingerprint density at radius 1 is 1.22 bits per heavy atom. The Hall–Kier alpha value is -1.21. The van der Waals surface area contributed by atoms with Gasteiger partial charge >= 0.3 is 5.97 Å². The minimum absolute atomic E-state index is 0.137. The fourth-order valence-corrected chi connectivity index (χ4v) is 5.66. The average Bonchev–Trinajstić information content (AvgIpc) is 2.99. The summed E-state index contributed by atoms with van der Waals surface area (Å²) >= 11 is 3.82. The summed E-state index contributed by atoms with van der Waals surface area (Å²) < 4.78 is 14.5. The molecule has 1 unspecified atom stereocenters. The van der Waals surface area contributed by atoms with Crippen LogP contribution in [0.25, 0.3) is 0 Å². The van der Waals surface area contributed by atoms with Crippen LogP contribution in [0.1, 0.15) is 33.3 Å². The van der Waals surface area contributed by atoms with E-state index in [0.29, 0.717) is 10.1 Å². The van der Waals surface area contributed by atoms with Gasteiger partial charge in [-0.1, -0.05) is 12.1 Å². The quantitative estimate of drug-likeness (QED) is 0.902. The van der Waals surface area contributed by atoms with Gasteiger partial charge in [-0.3, -0.25) is 4.79 Å². The molecule has 4 nitrogen and oxygen atoms in total. The van der Waals surface area contributed by atoms with Gasteiger partial charge in [0.25, 0.3) is 5.91 Å². The van der Waals surface area contributed by atoms with Gasteiger partial charge in [-0.05, 0) is 35.6 Å². The summed E-state index contributed by atoms with van der Waals surface area (Å²) in [7, 11) is 0. The maximum absolute atomic E-state index is 14.1. The SMILES string of the molecule is O=C(c1ccc(C2SCCCS2)cc1)N1CCC(F)(C(=O)O)C1. The molecule has 0 aliphatic carbocycles. The van der Waals surface area contributed by atoms with Crippen LogP contribution in [0.3, 0.4) is 0 Å². The van der Waals surface area contributed by atoms with Gasteiger partial charge in [-0.25, -0.2) is 9.18 Å². The molecule has 1 atom stereocenters. The van der Waals surface area contributed by atoms with Gasteiger partial charge in [0.1, 0.15) is 0 Å². The summed E-state index contributed by atoms with van der Waals surface area (Å²) in [4.78, 5) is 24.6. The number of rotatable bonds is 3. The van der Waals surface area contributed by atoms with Gasteiger partial charge in [-0.15, -0.1) is 23.5 Å². The number of thioether (sulfide) groups is 2. The molecule has 0 bridgehead atoms. The molecule has 0 radical (unpaired) electrons. The van der Waals surface area contributed by atoms with Crippen molar-refractivity contribution < 1.29 is 19.1 Å². The van der Waals surface area contributed by atoms with Crippen molar-refractivity contribution in [2.24, 2.45) is 0 Å². The second-order valence-electron chi connectivity index (χ2n) is 5.80. The maximum Gasteiger partial charge on any atom is 0.343 e. The van der Waals surface area contributed by atoms with E-state index in [1.807, 2.05) is 35.7 Å². The molecule has 0 spiro atoms. The van der Waals surface area contributed by atoms with Gasteiger partial charge in [-0.2, -0.15) is 0 Å². The number of nitrogens with zero attached hydrogens (tertiary/aromatic N) is 1. The molecule has 7 heteroatoms. The zero-order chi connectivity index (χ0) is 16.4. The van der Waals surface area contributed by atoms with Crippen molar-refractivity contribution in [3.05, 3.63) is 35.4 Å². The number of carboxylic acids is 1. The van der Waals surface area contributed by atoms with Crippen LogP contribution in [-0.2, 0) is 4.79 Å². The summed E-state index contributed by atoms with van der Waals surface area (Å²) in [5.41, 5.74) is -0.650. The number of aliphatic carboxylic acids is 1. The lowest BCUT2D eigenvalue weighted by Crippen LogP contribution is -2.38. The number of halogens is 1. The molecule has 2 fully saturated rings. The predicted octanol–water partition coefficient (Wildman–Crippen LogP) is 3.19. The molecule has 124 valence electrons. The van der Waals surface area contributed by atoms with Gasteiger partial charge in [0.05, 0.1) is 11.1 Å². The standard InChI is InChI=1S/C16H18FNO3S2/c17-16(15(20)21)6-7-18(10-16)13(19)11-2-4-12(5-3-11)14-22-8-1-9-23-14/h2-5,14H,1,6-10H2,(H,20,21). The summed E-state index contributed by atoms with van der Waals surface area (Å²) in [6, 6.07) is 7.40. The van der Waals surface area contributed by atoms with E-state index < -0.39 is 11.6 Å². The van der Waals surface area contributed by atoms with Gasteiger partial charge in [0, 0.05) is 18.5 Å². The third kappa shape index (κ3) is 3.50. The number of carboxylic acid groups (broad SMARTS) is 1. The first kappa shape index (κ1) is 16.6. The van der Waals surface area contributed by atoms with Crippen LogP contribution in [0.4, 0.5) is 4.39 Å². The monoisotopic (exact) mass is 355 g/mol. The molecule has 2 aliphatic heterocycles. The highest BCUT2D eigenvalue weighted by Crippen LogP contribution is 2.43. The van der Waals surface area contributed by atoms with Crippen molar-refractivity contribution >= 4 is 35.4 Å². The topological polar surface area (TPSA) is 57.6 Å². The molecule has 3 rings (SSSR count). The second-order valence-corrected chi connectivity index (χ2v) is 8.52. The normalized spacial score (nSPS) is 25.5. The van der Waals surface area contributed by atoms with Gasteiger partial charge in [0.2, 0.25) is 5.67 Å². The number of amides is 1. The van der Waals surface area contributed by atoms with Crippen LogP contribution in [0.5, 0.6) is 0 Å². The largest absolute Gasteiger partial charge is 0.479 e. The Balaban J connectivity index is 1.67. The smallest absolute Gasteiger partial charge is 0.343 e. The third-order valence-corrected chi connectivity index (χ3v) is 7.16. The maximum atomic E-state index is 14.1. The first-order chi connectivity index (χ1) is 11.0. The molecule has 0 saturated carbocycles. The molecule has 1 amide bonds. The fourth-order valence-electron chi connectivity index (χ4n) is 2.77. The van der Waals surface area contributed by atoms with Crippen molar-refractivity contribution in [1.82, 2.24) is 4.90 Å².